The number of hydrogen-bond acceptors (Lipinski definition) is 5. The summed E-state index contributed by atoms with van der Waals surface area (Å²) in [6.07, 6.45) is 4.30. The molecular weight excluding hydrogens is 472 g/mol. The number of aromatic amines is 1. The topological polar surface area (TPSA) is 89.3 Å². The summed E-state index contributed by atoms with van der Waals surface area (Å²) in [5.41, 5.74) is 7.98. The molecule has 1 N–H and O–H groups in total. The molecule has 4 heterocycles. The smallest absolute Gasteiger partial charge is 0.267 e. The van der Waals surface area contributed by atoms with Gasteiger partial charge in [0.25, 0.3) is 5.91 Å². The molecule has 0 saturated heterocycles. The van der Waals surface area contributed by atoms with Crippen molar-refractivity contribution in [3.8, 4) is 22.4 Å². The summed E-state index contributed by atoms with van der Waals surface area (Å²) in [5.74, 6) is 0.564. The molecule has 6 aromatic rings. The quantitative estimate of drug-likeness (QED) is 0.328. The third-order valence-corrected chi connectivity index (χ3v) is 6.97. The van der Waals surface area contributed by atoms with Gasteiger partial charge in [0.1, 0.15) is 17.8 Å². The maximum atomic E-state index is 14.3. The van der Waals surface area contributed by atoms with Crippen molar-refractivity contribution in [2.75, 3.05) is 0 Å². The molecule has 7 heteroatoms. The van der Waals surface area contributed by atoms with Gasteiger partial charge in [-0.1, -0.05) is 72.8 Å². The lowest BCUT2D eigenvalue weighted by atomic mass is 9.88. The predicted octanol–water partition coefficient (Wildman–Crippen LogP) is 5.78. The second-order valence-electron chi connectivity index (χ2n) is 9.29. The number of allylic oxidation sites excluding steroid dienone is 2. The summed E-state index contributed by atoms with van der Waals surface area (Å²) in [6, 6.07) is 30.1. The van der Waals surface area contributed by atoms with Gasteiger partial charge in [-0.2, -0.15) is 14.9 Å². The average Bonchev–Trinajstić information content (AvgIpc) is 3.62. The van der Waals surface area contributed by atoms with Gasteiger partial charge in [-0.15, -0.1) is 0 Å². The highest BCUT2D eigenvalue weighted by Crippen LogP contribution is 2.40. The zero-order chi connectivity index (χ0) is 25.5. The monoisotopic (exact) mass is 494 g/mol. The maximum absolute atomic E-state index is 14.3. The highest BCUT2D eigenvalue weighted by Gasteiger charge is 2.33. The van der Waals surface area contributed by atoms with E-state index < -0.39 is 0 Å². The third-order valence-electron chi connectivity index (χ3n) is 6.97. The summed E-state index contributed by atoms with van der Waals surface area (Å²) in [5, 5.41) is 12.9. The number of nitrogens with one attached hydrogen (secondary N) is 1. The van der Waals surface area contributed by atoms with E-state index in [1.165, 1.54) is 6.33 Å². The molecule has 0 radical (unpaired) electrons. The first-order valence-electron chi connectivity index (χ1n) is 12.4. The van der Waals surface area contributed by atoms with E-state index in [4.69, 9.17) is 5.10 Å². The van der Waals surface area contributed by atoms with Crippen LogP contribution in [0.1, 0.15) is 21.9 Å². The van der Waals surface area contributed by atoms with Gasteiger partial charge in [0.15, 0.2) is 0 Å². The van der Waals surface area contributed by atoms with Crippen molar-refractivity contribution < 1.29 is 4.79 Å². The largest absolute Gasteiger partial charge is 0.279 e. The molecule has 1 aliphatic rings. The van der Waals surface area contributed by atoms with Gasteiger partial charge < -0.3 is 0 Å². The number of rotatable bonds is 5. The summed E-state index contributed by atoms with van der Waals surface area (Å²) >= 11 is 0. The van der Waals surface area contributed by atoms with Crippen LogP contribution in [0.3, 0.4) is 0 Å². The van der Waals surface area contributed by atoms with Crippen molar-refractivity contribution in [3.63, 3.8) is 0 Å². The fourth-order valence-electron chi connectivity index (χ4n) is 5.27. The van der Waals surface area contributed by atoms with Crippen molar-refractivity contribution in [3.05, 3.63) is 126 Å². The molecule has 0 spiro atoms. The normalized spacial score (nSPS) is 13.2. The Morgan fingerprint density at radius 1 is 0.816 bits per heavy atom. The lowest BCUT2D eigenvalue weighted by molar-refractivity contribution is 0.0958. The molecule has 38 heavy (non-hydrogen) atoms. The Morgan fingerprint density at radius 2 is 1.61 bits per heavy atom. The van der Waals surface area contributed by atoms with Crippen LogP contribution in [0.2, 0.25) is 0 Å². The Morgan fingerprint density at radius 3 is 2.37 bits per heavy atom. The van der Waals surface area contributed by atoms with Crippen molar-refractivity contribution >= 4 is 22.4 Å². The van der Waals surface area contributed by atoms with E-state index in [1.54, 1.807) is 10.9 Å². The highest BCUT2D eigenvalue weighted by atomic mass is 16.2. The number of benzene rings is 3. The number of fused-ring (bicyclic) bond motifs is 2. The van der Waals surface area contributed by atoms with Crippen LogP contribution in [0.15, 0.2) is 109 Å². The van der Waals surface area contributed by atoms with E-state index in [2.05, 4.69) is 32.3 Å². The van der Waals surface area contributed by atoms with E-state index in [9.17, 15) is 4.79 Å². The van der Waals surface area contributed by atoms with Crippen molar-refractivity contribution in [2.45, 2.75) is 12.8 Å². The number of carbonyl (C=O) groups is 1. The Hall–Kier alpha value is -5.17. The number of carbonyl (C=O) groups excluding carboxylic acids is 1. The minimum atomic E-state index is -0.150. The molecule has 3 aromatic heterocycles. The molecule has 0 unspecified atom stereocenters. The highest BCUT2D eigenvalue weighted by molar-refractivity contribution is 6.23. The number of hydrogen-bond donors (Lipinski definition) is 1. The number of nitrogens with zero attached hydrogens (tertiary/aromatic N) is 5. The summed E-state index contributed by atoms with van der Waals surface area (Å²) in [7, 11) is 0. The molecule has 0 bridgehead atoms. The Kier molecular flexibility index (Phi) is 5.25. The molecule has 0 saturated carbocycles. The molecule has 1 aliphatic heterocycles. The van der Waals surface area contributed by atoms with Crippen LogP contribution in [0.4, 0.5) is 0 Å². The van der Waals surface area contributed by atoms with Crippen LogP contribution in [-0.2, 0) is 12.8 Å². The second-order valence-corrected chi connectivity index (χ2v) is 9.29. The molecule has 0 amide bonds. The molecule has 3 aromatic carbocycles. The summed E-state index contributed by atoms with van der Waals surface area (Å²) in [6.45, 7) is 0. The number of H-pyrrole nitrogens is 1. The van der Waals surface area contributed by atoms with Crippen molar-refractivity contribution in [1.82, 2.24) is 29.9 Å². The lowest BCUT2D eigenvalue weighted by Gasteiger charge is -2.22. The second kappa shape index (κ2) is 9.05. The number of pyridine rings is 1. The third kappa shape index (κ3) is 3.72. The van der Waals surface area contributed by atoms with Crippen LogP contribution in [0.25, 0.3) is 38.9 Å². The van der Waals surface area contributed by atoms with E-state index in [-0.39, 0.29) is 5.91 Å². The van der Waals surface area contributed by atoms with Crippen LogP contribution in [-0.4, -0.2) is 35.9 Å². The maximum Gasteiger partial charge on any atom is 0.279 e. The fraction of sp³-hybridized carbons (Fsp3) is 0.0645. The minimum Gasteiger partial charge on any atom is -0.267 e. The minimum absolute atomic E-state index is 0.150. The average molecular weight is 495 g/mol. The molecule has 182 valence electrons. The van der Waals surface area contributed by atoms with E-state index in [1.807, 2.05) is 78.9 Å². The van der Waals surface area contributed by atoms with E-state index in [0.29, 0.717) is 24.2 Å². The zero-order valence-electron chi connectivity index (χ0n) is 20.4. The van der Waals surface area contributed by atoms with Gasteiger partial charge in [0.05, 0.1) is 11.2 Å². The van der Waals surface area contributed by atoms with Crippen LogP contribution in [0, 0.1) is 0 Å². The Balaban J connectivity index is 1.45. The van der Waals surface area contributed by atoms with Gasteiger partial charge in [-0.05, 0) is 34.9 Å². The SMILES string of the molecule is O=C1C(c2ccc3ncccc3c2)=C(Cc2ncn[nH]2)Cc2c(-c3ccccc3)c(-c3ccccc3)nn21. The zero-order valence-corrected chi connectivity index (χ0v) is 20.4. The van der Waals surface area contributed by atoms with Gasteiger partial charge >= 0.3 is 0 Å². The number of aromatic nitrogens is 6. The molecular formula is C31H22N6O. The predicted molar refractivity (Wildman–Crippen MR) is 146 cm³/mol. The first-order chi connectivity index (χ1) is 18.8. The molecule has 7 rings (SSSR count). The van der Waals surface area contributed by atoms with Gasteiger partial charge in [-0.25, -0.2) is 4.98 Å². The molecule has 0 atom stereocenters. The first kappa shape index (κ1) is 22.1. The van der Waals surface area contributed by atoms with E-state index in [0.717, 1.165) is 50.1 Å². The fourth-order valence-corrected chi connectivity index (χ4v) is 5.27. The molecule has 0 aliphatic carbocycles. The van der Waals surface area contributed by atoms with Crippen molar-refractivity contribution in [1.29, 1.82) is 0 Å². The van der Waals surface area contributed by atoms with Crippen LogP contribution in [0.5, 0.6) is 0 Å². The summed E-state index contributed by atoms with van der Waals surface area (Å²) < 4.78 is 1.59. The van der Waals surface area contributed by atoms with Crippen LogP contribution >= 0.6 is 0 Å². The standard InChI is InChI=1S/C31H22N6O/c38-31-28(23-13-14-25-22(16-23)12-7-15-32-25)24(18-27-33-19-34-35-27)17-26-29(20-8-3-1-4-9-20)30(36-37(26)31)21-10-5-2-6-11-21/h1-16,19H,17-18H2,(H,33,34,35). The Bertz CT molecular complexity index is 1820. The van der Waals surface area contributed by atoms with Crippen LogP contribution < -0.4 is 0 Å². The summed E-state index contributed by atoms with van der Waals surface area (Å²) in [4.78, 5) is 23.1. The molecule has 0 fully saturated rings. The van der Waals surface area contributed by atoms with Gasteiger partial charge in [0, 0.05) is 41.1 Å². The lowest BCUT2D eigenvalue weighted by Crippen LogP contribution is -2.25. The first-order valence-corrected chi connectivity index (χ1v) is 12.4. The van der Waals surface area contributed by atoms with Crippen molar-refractivity contribution in [2.24, 2.45) is 0 Å². The molecule has 7 nitrogen and oxygen atoms in total. The van der Waals surface area contributed by atoms with Gasteiger partial charge in [0.2, 0.25) is 0 Å². The van der Waals surface area contributed by atoms with Gasteiger partial charge in [-0.3, -0.25) is 14.9 Å². The Labute approximate surface area is 218 Å². The van der Waals surface area contributed by atoms with E-state index >= 15 is 0 Å².